The predicted molar refractivity (Wildman–Crippen MR) is 82.9 cm³/mol. The van der Waals surface area contributed by atoms with Gasteiger partial charge in [0, 0.05) is 24.7 Å². The Balaban J connectivity index is 1.73. The number of anilines is 1. The van der Waals surface area contributed by atoms with E-state index in [1.54, 1.807) is 0 Å². The van der Waals surface area contributed by atoms with Crippen LogP contribution in [0.25, 0.3) is 11.5 Å². The lowest BCUT2D eigenvalue weighted by atomic mass is 10.1. The third kappa shape index (κ3) is 3.63. The number of nitrogens with one attached hydrogen (secondary N) is 1. The number of nitrogens with zero attached hydrogens (tertiary/aromatic N) is 3. The van der Waals surface area contributed by atoms with Gasteiger partial charge in [-0.05, 0) is 30.1 Å². The molecule has 0 amide bonds. The molecule has 22 heavy (non-hydrogen) atoms. The first-order valence-electron chi connectivity index (χ1n) is 7.13. The van der Waals surface area contributed by atoms with Crippen LogP contribution in [-0.2, 0) is 10.0 Å². The first-order chi connectivity index (χ1) is 10.5. The zero-order valence-electron chi connectivity index (χ0n) is 12.3. The summed E-state index contributed by atoms with van der Waals surface area (Å²) in [5.41, 5.74) is 0.865. The maximum atomic E-state index is 11.4. The predicted octanol–water partition coefficient (Wildman–Crippen LogP) is 1.25. The topological polar surface area (TPSA) is 88.3 Å². The highest BCUT2D eigenvalue weighted by molar-refractivity contribution is 7.88. The van der Waals surface area contributed by atoms with Crippen LogP contribution in [0.3, 0.4) is 0 Å². The van der Waals surface area contributed by atoms with Gasteiger partial charge in [0.1, 0.15) is 0 Å². The number of rotatable bonds is 4. The van der Waals surface area contributed by atoms with Crippen molar-refractivity contribution in [3.8, 4) is 11.5 Å². The second-order valence-electron chi connectivity index (χ2n) is 5.44. The van der Waals surface area contributed by atoms with E-state index in [1.165, 1.54) is 6.26 Å². The number of aromatic nitrogens is 2. The standard InChI is InChI=1S/C14H18N4O3S/c1-22(19,20)17-12-8-5-9-18(10-12)14-15-13(21-16-14)11-6-3-2-4-7-11/h2-4,6-7,12,17H,5,8-10H2,1H3/t12-/m1/s1. The zero-order valence-corrected chi connectivity index (χ0v) is 13.1. The van der Waals surface area contributed by atoms with Gasteiger partial charge in [0.25, 0.3) is 11.8 Å². The molecule has 3 rings (SSSR count). The van der Waals surface area contributed by atoms with Crippen LogP contribution in [0, 0.1) is 0 Å². The minimum Gasteiger partial charge on any atom is -0.337 e. The molecule has 1 N–H and O–H groups in total. The van der Waals surface area contributed by atoms with Crippen molar-refractivity contribution in [2.45, 2.75) is 18.9 Å². The Morgan fingerprint density at radius 2 is 2.09 bits per heavy atom. The fourth-order valence-electron chi connectivity index (χ4n) is 2.60. The average molecular weight is 322 g/mol. The van der Waals surface area contributed by atoms with Crippen LogP contribution in [0.5, 0.6) is 0 Å². The van der Waals surface area contributed by atoms with Crippen LogP contribution in [0.4, 0.5) is 5.95 Å². The summed E-state index contributed by atoms with van der Waals surface area (Å²) in [5, 5.41) is 4.01. The van der Waals surface area contributed by atoms with Crippen LogP contribution in [0.15, 0.2) is 34.9 Å². The van der Waals surface area contributed by atoms with Crippen molar-refractivity contribution in [2.24, 2.45) is 0 Å². The van der Waals surface area contributed by atoms with Crippen LogP contribution < -0.4 is 9.62 Å². The molecule has 2 heterocycles. The van der Waals surface area contributed by atoms with Crippen molar-refractivity contribution >= 4 is 16.0 Å². The molecule has 0 spiro atoms. The normalized spacial score (nSPS) is 19.3. The molecule has 0 aliphatic carbocycles. The van der Waals surface area contributed by atoms with Crippen molar-refractivity contribution in [3.05, 3.63) is 30.3 Å². The van der Waals surface area contributed by atoms with E-state index in [0.29, 0.717) is 18.4 Å². The molecule has 1 fully saturated rings. The molecule has 8 heteroatoms. The van der Waals surface area contributed by atoms with Crippen LogP contribution in [-0.4, -0.2) is 43.9 Å². The smallest absolute Gasteiger partial charge is 0.266 e. The van der Waals surface area contributed by atoms with Gasteiger partial charge >= 0.3 is 0 Å². The lowest BCUT2D eigenvalue weighted by molar-refractivity contribution is 0.419. The molecule has 1 aliphatic rings. The van der Waals surface area contributed by atoms with E-state index >= 15 is 0 Å². The first-order valence-corrected chi connectivity index (χ1v) is 9.02. The molecule has 0 radical (unpaired) electrons. The fourth-order valence-corrected chi connectivity index (χ4v) is 3.40. The molecule has 0 bridgehead atoms. The highest BCUT2D eigenvalue weighted by Gasteiger charge is 2.25. The Labute approximate surface area is 129 Å². The number of piperidine rings is 1. The quantitative estimate of drug-likeness (QED) is 0.911. The number of benzene rings is 1. The fraction of sp³-hybridized carbons (Fsp3) is 0.429. The Kier molecular flexibility index (Phi) is 4.12. The molecule has 0 unspecified atom stereocenters. The van der Waals surface area contributed by atoms with E-state index in [0.717, 1.165) is 24.9 Å². The van der Waals surface area contributed by atoms with Gasteiger partial charge < -0.3 is 9.42 Å². The highest BCUT2D eigenvalue weighted by atomic mass is 32.2. The summed E-state index contributed by atoms with van der Waals surface area (Å²) in [6.07, 6.45) is 2.86. The number of hydrogen-bond donors (Lipinski definition) is 1. The van der Waals surface area contributed by atoms with Crippen molar-refractivity contribution < 1.29 is 12.9 Å². The minimum atomic E-state index is -3.21. The van der Waals surface area contributed by atoms with E-state index in [1.807, 2.05) is 35.2 Å². The van der Waals surface area contributed by atoms with Crippen LogP contribution >= 0.6 is 0 Å². The van der Waals surface area contributed by atoms with Gasteiger partial charge in [0.05, 0.1) is 6.26 Å². The summed E-state index contributed by atoms with van der Waals surface area (Å²) < 4.78 is 30.6. The molecule has 1 aromatic heterocycles. The molecular formula is C14H18N4O3S. The van der Waals surface area contributed by atoms with E-state index in [4.69, 9.17) is 4.52 Å². The van der Waals surface area contributed by atoms with E-state index in [2.05, 4.69) is 14.9 Å². The Morgan fingerprint density at radius 3 is 2.82 bits per heavy atom. The summed E-state index contributed by atoms with van der Waals surface area (Å²) in [7, 11) is -3.21. The van der Waals surface area contributed by atoms with E-state index in [9.17, 15) is 8.42 Å². The molecule has 1 aliphatic heterocycles. The summed E-state index contributed by atoms with van der Waals surface area (Å²) in [4.78, 5) is 6.35. The molecule has 1 saturated heterocycles. The van der Waals surface area contributed by atoms with Gasteiger partial charge in [-0.1, -0.05) is 18.2 Å². The molecular weight excluding hydrogens is 304 g/mol. The van der Waals surface area contributed by atoms with Crippen LogP contribution in [0.2, 0.25) is 0 Å². The Morgan fingerprint density at radius 1 is 1.32 bits per heavy atom. The minimum absolute atomic E-state index is 0.123. The third-order valence-corrected chi connectivity index (χ3v) is 4.28. The van der Waals surface area contributed by atoms with Crippen molar-refractivity contribution in [1.29, 1.82) is 0 Å². The van der Waals surface area contributed by atoms with Crippen LogP contribution in [0.1, 0.15) is 12.8 Å². The maximum Gasteiger partial charge on any atom is 0.266 e. The van der Waals surface area contributed by atoms with Gasteiger partial charge in [-0.25, -0.2) is 13.1 Å². The van der Waals surface area contributed by atoms with Crippen molar-refractivity contribution in [2.75, 3.05) is 24.2 Å². The summed E-state index contributed by atoms with van der Waals surface area (Å²) in [6, 6.07) is 9.43. The zero-order chi connectivity index (χ0) is 15.6. The van der Waals surface area contributed by atoms with Gasteiger partial charge in [-0.15, -0.1) is 0 Å². The lowest BCUT2D eigenvalue weighted by Crippen LogP contribution is -2.47. The SMILES string of the molecule is CS(=O)(=O)N[C@@H]1CCCN(c2noc(-c3ccccc3)n2)C1. The maximum absolute atomic E-state index is 11.4. The number of sulfonamides is 1. The second-order valence-corrected chi connectivity index (χ2v) is 7.22. The van der Waals surface area contributed by atoms with Gasteiger partial charge in [-0.2, -0.15) is 4.98 Å². The first kappa shape index (κ1) is 15.0. The molecule has 7 nitrogen and oxygen atoms in total. The molecule has 2 aromatic rings. The average Bonchev–Trinajstić information content (AvgIpc) is 2.96. The monoisotopic (exact) mass is 322 g/mol. The Hall–Kier alpha value is -1.93. The summed E-state index contributed by atoms with van der Waals surface area (Å²) in [6.45, 7) is 1.33. The Bertz CT molecular complexity index is 730. The molecule has 118 valence electrons. The van der Waals surface area contributed by atoms with Crippen molar-refractivity contribution in [1.82, 2.24) is 14.9 Å². The van der Waals surface area contributed by atoms with Gasteiger partial charge in [-0.3, -0.25) is 0 Å². The van der Waals surface area contributed by atoms with Gasteiger partial charge in [0.15, 0.2) is 0 Å². The third-order valence-electron chi connectivity index (χ3n) is 3.52. The lowest BCUT2D eigenvalue weighted by Gasteiger charge is -2.31. The molecule has 0 saturated carbocycles. The van der Waals surface area contributed by atoms with Crippen molar-refractivity contribution in [3.63, 3.8) is 0 Å². The molecule has 1 aromatic carbocycles. The van der Waals surface area contributed by atoms with E-state index < -0.39 is 10.0 Å². The van der Waals surface area contributed by atoms with E-state index in [-0.39, 0.29) is 6.04 Å². The second kappa shape index (κ2) is 6.05. The number of hydrogen-bond acceptors (Lipinski definition) is 6. The molecule has 1 atom stereocenters. The largest absolute Gasteiger partial charge is 0.337 e. The summed E-state index contributed by atoms with van der Waals surface area (Å²) >= 11 is 0. The summed E-state index contributed by atoms with van der Waals surface area (Å²) in [5.74, 6) is 0.965. The highest BCUT2D eigenvalue weighted by Crippen LogP contribution is 2.22. The van der Waals surface area contributed by atoms with Gasteiger partial charge in [0.2, 0.25) is 10.0 Å².